The monoisotopic (exact) mass is 144 g/mol. The molecule has 1 aliphatic carbocycles. The predicted octanol–water partition coefficient (Wildman–Crippen LogP) is 2.90. The second-order valence-electron chi connectivity index (χ2n) is 3.12. The van der Waals surface area contributed by atoms with Crippen LogP contribution >= 0.6 is 0 Å². The van der Waals surface area contributed by atoms with Crippen molar-refractivity contribution in [3.05, 3.63) is 47.5 Å². The summed E-state index contributed by atoms with van der Waals surface area (Å²) in [5.74, 6) is 0.611. The fourth-order valence-corrected chi connectivity index (χ4v) is 1.67. The lowest BCUT2D eigenvalue weighted by atomic mass is 9.89. The van der Waals surface area contributed by atoms with Crippen LogP contribution in [0.2, 0.25) is 0 Å². The summed E-state index contributed by atoms with van der Waals surface area (Å²) in [6.45, 7) is 2.24. The molecule has 0 heterocycles. The van der Waals surface area contributed by atoms with Crippen LogP contribution in [0.3, 0.4) is 0 Å². The number of fused-ring (bicyclic) bond motifs is 1. The van der Waals surface area contributed by atoms with Gasteiger partial charge in [-0.15, -0.1) is 0 Å². The van der Waals surface area contributed by atoms with Gasteiger partial charge >= 0.3 is 0 Å². The minimum absolute atomic E-state index is 0.611. The third-order valence-electron chi connectivity index (χ3n) is 2.31. The maximum atomic E-state index is 2.28. The molecule has 1 aliphatic rings. The highest BCUT2D eigenvalue weighted by Crippen LogP contribution is 2.25. The summed E-state index contributed by atoms with van der Waals surface area (Å²) < 4.78 is 0. The normalized spacial score (nSPS) is 21.4. The maximum absolute atomic E-state index is 2.28. The Labute approximate surface area is 67.6 Å². The summed E-state index contributed by atoms with van der Waals surface area (Å²) in [6.07, 6.45) is 5.65. The van der Waals surface area contributed by atoms with Crippen LogP contribution in [0.15, 0.2) is 36.4 Å². The zero-order chi connectivity index (χ0) is 7.68. The van der Waals surface area contributed by atoms with Crippen LogP contribution in [0.5, 0.6) is 0 Å². The van der Waals surface area contributed by atoms with Crippen LogP contribution in [0.25, 0.3) is 0 Å². The molecular weight excluding hydrogens is 132 g/mol. The summed E-state index contributed by atoms with van der Waals surface area (Å²) in [5.41, 5.74) is 2.98. The number of benzene rings is 1. The van der Waals surface area contributed by atoms with Gasteiger partial charge in [-0.1, -0.05) is 43.3 Å². The Hall–Kier alpha value is -1.04. The number of allylic oxidation sites excluding steroid dienone is 2. The molecule has 0 spiro atoms. The van der Waals surface area contributed by atoms with Gasteiger partial charge in [0.1, 0.15) is 0 Å². The first-order valence-corrected chi connectivity index (χ1v) is 4.12. The smallest absolute Gasteiger partial charge is 0.000748 e. The molecule has 0 radical (unpaired) electrons. The average molecular weight is 144 g/mol. The highest BCUT2D eigenvalue weighted by Gasteiger charge is 2.09. The molecule has 0 nitrogen and oxygen atoms in total. The minimum Gasteiger partial charge on any atom is -0.0835 e. The van der Waals surface area contributed by atoms with Gasteiger partial charge in [0.15, 0.2) is 0 Å². The lowest BCUT2D eigenvalue weighted by Gasteiger charge is -2.16. The molecule has 0 aromatic heterocycles. The summed E-state index contributed by atoms with van der Waals surface area (Å²) in [4.78, 5) is 0. The van der Waals surface area contributed by atoms with Crippen LogP contribution in [0.4, 0.5) is 0 Å². The molecule has 1 aromatic rings. The van der Waals surface area contributed by atoms with E-state index in [2.05, 4.69) is 43.3 Å². The summed E-state index contributed by atoms with van der Waals surface area (Å²) in [6, 6.07) is 8.68. The highest BCUT2D eigenvalue weighted by atomic mass is 14.1. The first kappa shape index (κ1) is 6.66. The highest BCUT2D eigenvalue weighted by molar-refractivity contribution is 5.37. The van der Waals surface area contributed by atoms with E-state index in [1.165, 1.54) is 11.1 Å². The number of hydrogen-bond acceptors (Lipinski definition) is 0. The van der Waals surface area contributed by atoms with E-state index in [9.17, 15) is 0 Å². The van der Waals surface area contributed by atoms with Crippen LogP contribution in [0, 0.1) is 0 Å². The number of rotatable bonds is 0. The number of hydrogen-bond donors (Lipinski definition) is 0. The fraction of sp³-hybridized carbons (Fsp3) is 0.273. The molecule has 0 bridgehead atoms. The van der Waals surface area contributed by atoms with Crippen molar-refractivity contribution in [1.29, 1.82) is 0 Å². The van der Waals surface area contributed by atoms with E-state index in [0.29, 0.717) is 5.92 Å². The third-order valence-corrected chi connectivity index (χ3v) is 2.31. The molecule has 0 unspecified atom stereocenters. The van der Waals surface area contributed by atoms with E-state index in [-0.39, 0.29) is 0 Å². The molecule has 1 atom stereocenters. The second-order valence-corrected chi connectivity index (χ2v) is 3.12. The molecular formula is C11H12. The minimum atomic E-state index is 0.611. The average Bonchev–Trinajstić information content (AvgIpc) is 2.06. The van der Waals surface area contributed by atoms with Gasteiger partial charge in [0.25, 0.3) is 0 Å². The van der Waals surface area contributed by atoms with Gasteiger partial charge in [-0.05, 0) is 23.5 Å². The molecule has 0 aliphatic heterocycles. The van der Waals surface area contributed by atoms with Gasteiger partial charge in [0.05, 0.1) is 0 Å². The van der Waals surface area contributed by atoms with Crippen molar-refractivity contribution in [1.82, 2.24) is 0 Å². The van der Waals surface area contributed by atoms with Crippen LogP contribution < -0.4 is 0 Å². The molecule has 0 saturated carbocycles. The van der Waals surface area contributed by atoms with E-state index in [1.54, 1.807) is 0 Å². The summed E-state index contributed by atoms with van der Waals surface area (Å²) in [7, 11) is 0. The molecule has 2 rings (SSSR count). The van der Waals surface area contributed by atoms with E-state index < -0.39 is 0 Å². The Morgan fingerprint density at radius 3 is 2.91 bits per heavy atom. The fourth-order valence-electron chi connectivity index (χ4n) is 1.67. The van der Waals surface area contributed by atoms with Crippen molar-refractivity contribution in [2.75, 3.05) is 0 Å². The van der Waals surface area contributed by atoms with Crippen molar-refractivity contribution >= 4 is 0 Å². The quantitative estimate of drug-likeness (QED) is 0.491. The molecule has 0 N–H and O–H groups in total. The Morgan fingerprint density at radius 2 is 2.09 bits per heavy atom. The van der Waals surface area contributed by atoms with Crippen molar-refractivity contribution in [3.8, 4) is 0 Å². The second kappa shape index (κ2) is 2.54. The largest absolute Gasteiger partial charge is 0.0835 e. The van der Waals surface area contributed by atoms with Crippen molar-refractivity contribution < 1.29 is 0 Å². The molecule has 1 aromatic carbocycles. The maximum Gasteiger partial charge on any atom is -0.000748 e. The van der Waals surface area contributed by atoms with Gasteiger partial charge in [-0.25, -0.2) is 0 Å². The van der Waals surface area contributed by atoms with Crippen molar-refractivity contribution in [2.45, 2.75) is 19.3 Å². The Bertz CT molecular complexity index is 284. The summed E-state index contributed by atoms with van der Waals surface area (Å²) >= 11 is 0. The summed E-state index contributed by atoms with van der Waals surface area (Å²) in [5, 5.41) is 0. The zero-order valence-corrected chi connectivity index (χ0v) is 6.75. The molecule has 56 valence electrons. The van der Waals surface area contributed by atoms with Crippen LogP contribution in [-0.4, -0.2) is 0 Å². The van der Waals surface area contributed by atoms with Gasteiger partial charge < -0.3 is 0 Å². The Morgan fingerprint density at radius 1 is 1.27 bits per heavy atom. The Kier molecular flexibility index (Phi) is 1.54. The van der Waals surface area contributed by atoms with Crippen LogP contribution in [-0.2, 0) is 6.42 Å². The van der Waals surface area contributed by atoms with E-state index in [4.69, 9.17) is 0 Å². The van der Waals surface area contributed by atoms with E-state index in [0.717, 1.165) is 6.42 Å². The lowest BCUT2D eigenvalue weighted by Crippen LogP contribution is -2.00. The van der Waals surface area contributed by atoms with E-state index >= 15 is 0 Å². The van der Waals surface area contributed by atoms with Crippen LogP contribution in [0.1, 0.15) is 24.0 Å². The predicted molar refractivity (Wildman–Crippen MR) is 47.7 cm³/mol. The molecule has 0 heteroatoms. The van der Waals surface area contributed by atoms with Gasteiger partial charge in [0.2, 0.25) is 0 Å². The van der Waals surface area contributed by atoms with Gasteiger partial charge in [-0.3, -0.25) is 0 Å². The first-order valence-electron chi connectivity index (χ1n) is 4.12. The molecule has 11 heavy (non-hydrogen) atoms. The van der Waals surface area contributed by atoms with Gasteiger partial charge in [0, 0.05) is 0 Å². The lowest BCUT2D eigenvalue weighted by molar-refractivity contribution is 0.908. The topological polar surface area (TPSA) is 0 Å². The first-order chi connectivity index (χ1) is 5.38. The van der Waals surface area contributed by atoms with E-state index in [1.807, 2.05) is 0 Å². The standard InChI is InChI=1S/C11H12/c1-9-5-4-7-10-6-2-3-8-11(9)10/h2-6,8-9H,7H2,1H3/t9-/m0/s1. The zero-order valence-electron chi connectivity index (χ0n) is 6.75. The van der Waals surface area contributed by atoms with Crippen molar-refractivity contribution in [3.63, 3.8) is 0 Å². The molecule has 0 amide bonds. The van der Waals surface area contributed by atoms with Gasteiger partial charge in [-0.2, -0.15) is 0 Å². The SMILES string of the molecule is C[C@H]1C=CCc2ccccc21. The molecule has 0 saturated heterocycles. The Balaban J connectivity index is 2.50. The third kappa shape index (κ3) is 1.09. The van der Waals surface area contributed by atoms with Crippen molar-refractivity contribution in [2.24, 2.45) is 0 Å². The molecule has 0 fully saturated rings.